The van der Waals surface area contributed by atoms with E-state index in [-0.39, 0.29) is 17.9 Å². The number of aromatic nitrogens is 2. The van der Waals surface area contributed by atoms with Crippen molar-refractivity contribution in [2.24, 2.45) is 0 Å². The zero-order valence-corrected chi connectivity index (χ0v) is 16.9. The Kier molecular flexibility index (Phi) is 4.87. The van der Waals surface area contributed by atoms with Gasteiger partial charge < -0.3 is 10.1 Å². The molecule has 0 atom stereocenters. The van der Waals surface area contributed by atoms with E-state index in [2.05, 4.69) is 10.4 Å². The lowest BCUT2D eigenvalue weighted by Crippen LogP contribution is -2.28. The Morgan fingerprint density at radius 3 is 2.31 bits per heavy atom. The molecule has 4 aromatic rings. The van der Waals surface area contributed by atoms with E-state index >= 15 is 0 Å². The van der Waals surface area contributed by atoms with Crippen LogP contribution in [0.5, 0.6) is 0 Å². The smallest absolute Gasteiger partial charge is 0.414 e. The second kappa shape index (κ2) is 7.99. The van der Waals surface area contributed by atoms with Crippen molar-refractivity contribution in [3.8, 4) is 5.69 Å². The fraction of sp³-hybridized carbons (Fsp3) is 0.0833. The number of carbonyl (C=O) groups is 2. The molecule has 0 spiro atoms. The molecule has 8 nitrogen and oxygen atoms in total. The first-order valence-electron chi connectivity index (χ1n) is 10.1. The Morgan fingerprint density at radius 2 is 1.56 bits per heavy atom. The fourth-order valence-corrected chi connectivity index (χ4v) is 3.71. The average molecular weight is 426 g/mol. The number of benzene rings is 3. The van der Waals surface area contributed by atoms with Crippen molar-refractivity contribution >= 4 is 34.1 Å². The van der Waals surface area contributed by atoms with E-state index in [0.717, 1.165) is 0 Å². The first-order valence-corrected chi connectivity index (χ1v) is 10.1. The Hall–Kier alpha value is -4.46. The minimum Gasteiger partial charge on any atom is -0.447 e. The van der Waals surface area contributed by atoms with Gasteiger partial charge in [-0.05, 0) is 30.3 Å². The second-order valence-corrected chi connectivity index (χ2v) is 7.18. The molecule has 32 heavy (non-hydrogen) atoms. The Bertz CT molecular complexity index is 1400. The second-order valence-electron chi connectivity index (χ2n) is 7.18. The summed E-state index contributed by atoms with van der Waals surface area (Å²) in [5, 5.41) is 8.07. The van der Waals surface area contributed by atoms with Gasteiger partial charge in [0.25, 0.3) is 11.5 Å². The maximum atomic E-state index is 13.3. The van der Waals surface area contributed by atoms with Crippen LogP contribution >= 0.6 is 0 Å². The van der Waals surface area contributed by atoms with Crippen molar-refractivity contribution in [1.82, 2.24) is 9.78 Å². The van der Waals surface area contributed by atoms with Crippen molar-refractivity contribution in [2.45, 2.75) is 0 Å². The number of amides is 2. The number of fused-ring (bicyclic) bond motifs is 1. The molecule has 1 aliphatic heterocycles. The standard InChI is InChI=1S/C24H18N4O4/c29-22(25-19-12-6-7-13-20(19)27-14-15-32-24(27)31)21-17-10-4-5-11-18(17)23(30)28(26-21)16-8-2-1-3-9-16/h1-13H,14-15H2,(H,25,29). The summed E-state index contributed by atoms with van der Waals surface area (Å²) in [5.74, 6) is -0.495. The van der Waals surface area contributed by atoms with Gasteiger partial charge in [-0.15, -0.1) is 0 Å². The highest BCUT2D eigenvalue weighted by Gasteiger charge is 2.26. The van der Waals surface area contributed by atoms with Gasteiger partial charge in [-0.1, -0.05) is 48.5 Å². The predicted molar refractivity (Wildman–Crippen MR) is 120 cm³/mol. The van der Waals surface area contributed by atoms with Gasteiger partial charge >= 0.3 is 6.09 Å². The summed E-state index contributed by atoms with van der Waals surface area (Å²) in [6.07, 6.45) is -0.465. The minimum atomic E-state index is -0.495. The summed E-state index contributed by atoms with van der Waals surface area (Å²) in [6.45, 7) is 0.682. The lowest BCUT2D eigenvalue weighted by atomic mass is 10.1. The molecule has 1 aliphatic rings. The van der Waals surface area contributed by atoms with Gasteiger partial charge in [0.15, 0.2) is 5.69 Å². The first kappa shape index (κ1) is 19.5. The fourth-order valence-electron chi connectivity index (χ4n) is 3.71. The van der Waals surface area contributed by atoms with Crippen LogP contribution in [-0.2, 0) is 4.74 Å². The molecule has 2 heterocycles. The number of cyclic esters (lactones) is 1. The number of anilines is 2. The Balaban J connectivity index is 1.60. The number of ether oxygens (including phenoxy) is 1. The monoisotopic (exact) mass is 426 g/mol. The van der Waals surface area contributed by atoms with E-state index < -0.39 is 12.0 Å². The molecule has 0 bridgehead atoms. The number of nitrogens with zero attached hydrogens (tertiary/aromatic N) is 3. The summed E-state index contributed by atoms with van der Waals surface area (Å²) < 4.78 is 6.25. The number of para-hydroxylation sites is 3. The molecule has 3 aromatic carbocycles. The minimum absolute atomic E-state index is 0.0999. The number of hydrogen-bond donors (Lipinski definition) is 1. The van der Waals surface area contributed by atoms with Crippen LogP contribution in [0.3, 0.4) is 0 Å². The Morgan fingerprint density at radius 1 is 0.875 bits per heavy atom. The van der Waals surface area contributed by atoms with Crippen molar-refractivity contribution < 1.29 is 14.3 Å². The van der Waals surface area contributed by atoms with E-state index in [1.54, 1.807) is 72.8 Å². The maximum absolute atomic E-state index is 13.3. The molecule has 1 fully saturated rings. The van der Waals surface area contributed by atoms with Crippen LogP contribution in [0.15, 0.2) is 83.7 Å². The van der Waals surface area contributed by atoms with Gasteiger partial charge in [0.2, 0.25) is 0 Å². The molecule has 0 aliphatic carbocycles. The van der Waals surface area contributed by atoms with Crippen LogP contribution in [0.2, 0.25) is 0 Å². The third kappa shape index (κ3) is 3.37. The van der Waals surface area contributed by atoms with Crippen molar-refractivity contribution in [1.29, 1.82) is 0 Å². The number of hydrogen-bond acceptors (Lipinski definition) is 5. The Labute approximate surface area is 182 Å². The summed E-state index contributed by atoms with van der Waals surface area (Å²) in [7, 11) is 0. The van der Waals surface area contributed by atoms with Gasteiger partial charge in [0, 0.05) is 5.39 Å². The molecule has 0 radical (unpaired) electrons. The third-order valence-corrected chi connectivity index (χ3v) is 5.22. The molecule has 8 heteroatoms. The molecule has 2 amide bonds. The SMILES string of the molecule is O=C(Nc1ccccc1N1CCOC1=O)c1nn(-c2ccccc2)c(=O)c2ccccc12. The highest BCUT2D eigenvalue weighted by molar-refractivity contribution is 6.12. The van der Waals surface area contributed by atoms with Crippen molar-refractivity contribution in [3.63, 3.8) is 0 Å². The van der Waals surface area contributed by atoms with E-state index in [0.29, 0.717) is 34.4 Å². The first-order chi connectivity index (χ1) is 15.6. The van der Waals surface area contributed by atoms with Crippen LogP contribution < -0.4 is 15.8 Å². The number of carbonyl (C=O) groups excluding carboxylic acids is 2. The molecule has 1 saturated heterocycles. The topological polar surface area (TPSA) is 93.5 Å². The van der Waals surface area contributed by atoms with E-state index in [9.17, 15) is 14.4 Å². The number of nitrogens with one attached hydrogen (secondary N) is 1. The van der Waals surface area contributed by atoms with E-state index in [4.69, 9.17) is 4.74 Å². The summed E-state index contributed by atoms with van der Waals surface area (Å²) >= 11 is 0. The van der Waals surface area contributed by atoms with Crippen molar-refractivity contribution in [2.75, 3.05) is 23.4 Å². The average Bonchev–Trinajstić information content (AvgIpc) is 3.26. The van der Waals surface area contributed by atoms with Gasteiger partial charge in [-0.25, -0.2) is 4.79 Å². The van der Waals surface area contributed by atoms with Gasteiger partial charge in [0.05, 0.1) is 29.0 Å². The molecule has 1 aromatic heterocycles. The molecule has 1 N–H and O–H groups in total. The zero-order valence-electron chi connectivity index (χ0n) is 16.9. The molecule has 0 saturated carbocycles. The predicted octanol–water partition coefficient (Wildman–Crippen LogP) is 3.59. The lowest BCUT2D eigenvalue weighted by Gasteiger charge is -2.18. The van der Waals surface area contributed by atoms with E-state index in [1.165, 1.54) is 9.58 Å². The lowest BCUT2D eigenvalue weighted by molar-refractivity contribution is 0.102. The van der Waals surface area contributed by atoms with Crippen LogP contribution in [0.25, 0.3) is 16.5 Å². The highest BCUT2D eigenvalue weighted by Crippen LogP contribution is 2.28. The van der Waals surface area contributed by atoms with Crippen LogP contribution in [0.1, 0.15) is 10.5 Å². The molecular weight excluding hydrogens is 408 g/mol. The summed E-state index contributed by atoms with van der Waals surface area (Å²) in [4.78, 5) is 39.9. The molecular formula is C24H18N4O4. The van der Waals surface area contributed by atoms with E-state index in [1.807, 2.05) is 6.07 Å². The molecule has 158 valence electrons. The largest absolute Gasteiger partial charge is 0.447 e. The van der Waals surface area contributed by atoms with Gasteiger partial charge in [-0.2, -0.15) is 9.78 Å². The number of rotatable bonds is 4. The molecule has 5 rings (SSSR count). The maximum Gasteiger partial charge on any atom is 0.414 e. The normalized spacial score (nSPS) is 13.2. The van der Waals surface area contributed by atoms with Gasteiger partial charge in [0.1, 0.15) is 6.61 Å². The zero-order chi connectivity index (χ0) is 22.1. The van der Waals surface area contributed by atoms with Crippen LogP contribution in [0.4, 0.5) is 16.2 Å². The summed E-state index contributed by atoms with van der Waals surface area (Å²) in [6, 6.07) is 22.8. The summed E-state index contributed by atoms with van der Waals surface area (Å²) in [5.41, 5.74) is 1.31. The molecule has 0 unspecified atom stereocenters. The van der Waals surface area contributed by atoms with Crippen LogP contribution in [-0.4, -0.2) is 34.9 Å². The van der Waals surface area contributed by atoms with Crippen LogP contribution in [0, 0.1) is 0 Å². The third-order valence-electron chi connectivity index (χ3n) is 5.22. The van der Waals surface area contributed by atoms with Gasteiger partial charge in [-0.3, -0.25) is 14.5 Å². The quantitative estimate of drug-likeness (QED) is 0.538. The van der Waals surface area contributed by atoms with Crippen molar-refractivity contribution in [3.05, 3.63) is 94.9 Å². The highest BCUT2D eigenvalue weighted by atomic mass is 16.6.